The number of carbonyl (C=O) groups excluding carboxylic acids is 1. The van der Waals surface area contributed by atoms with Gasteiger partial charge in [-0.25, -0.2) is 0 Å². The van der Waals surface area contributed by atoms with E-state index in [4.69, 9.17) is 4.74 Å². The number of hydrogen-bond acceptors (Lipinski definition) is 2. The monoisotopic (exact) mass is 386 g/mol. The predicted octanol–water partition coefficient (Wildman–Crippen LogP) is 4.72. The number of rotatable bonds is 5. The van der Waals surface area contributed by atoms with Gasteiger partial charge in [0.15, 0.2) is 0 Å². The minimum Gasteiger partial charge on any atom is -0.147 e. The van der Waals surface area contributed by atoms with Gasteiger partial charge in [0, 0.05) is 0 Å². The Hall–Kier alpha value is -2.15. The van der Waals surface area contributed by atoms with Crippen LogP contribution in [0.15, 0.2) is 91.0 Å². The van der Waals surface area contributed by atoms with Gasteiger partial charge in [0.2, 0.25) is 0 Å². The van der Waals surface area contributed by atoms with Gasteiger partial charge >= 0.3 is 149 Å². The molecule has 0 saturated heterocycles. The molecule has 0 atom stereocenters. The van der Waals surface area contributed by atoms with Crippen molar-refractivity contribution in [3.63, 3.8) is 0 Å². The molecule has 4 heteroatoms. The quantitative estimate of drug-likeness (QED) is 0.593. The normalized spacial score (nSPS) is 12.3. The van der Waals surface area contributed by atoms with Crippen molar-refractivity contribution in [1.82, 2.24) is 0 Å². The first-order valence-corrected chi connectivity index (χ1v) is 11.2. The third kappa shape index (κ3) is 2.94. The topological polar surface area (TPSA) is 26.3 Å². The Kier molecular flexibility index (Phi) is 6.23. The summed E-state index contributed by atoms with van der Waals surface area (Å²) in [4.78, 5) is 13.6. The zero-order valence-electron chi connectivity index (χ0n) is 15.0. The number of hydrogen-bond donors (Lipinski definition) is 0. The molecule has 3 aromatic rings. The molecule has 2 nitrogen and oxygen atoms in total. The summed E-state index contributed by atoms with van der Waals surface area (Å²) >= 11 is 0. The van der Waals surface area contributed by atoms with Crippen molar-refractivity contribution >= 4 is 40.6 Å². The Labute approximate surface area is 161 Å². The number of benzene rings is 3. The van der Waals surface area contributed by atoms with Crippen LogP contribution in [0.5, 0.6) is 0 Å². The largest absolute Gasteiger partial charge is 0.147 e. The minimum atomic E-state index is -3.42. The molecule has 0 aliphatic rings. The van der Waals surface area contributed by atoms with Crippen LogP contribution >= 0.6 is 19.0 Å². The summed E-state index contributed by atoms with van der Waals surface area (Å²) in [5.41, 5.74) is -0.142. The molecule has 3 aromatic carbocycles. The molecular formula is C22H24ClO2P. The molecule has 136 valence electrons. The molecule has 3 rings (SSSR count). The molecule has 0 aliphatic carbocycles. The van der Waals surface area contributed by atoms with Crippen LogP contribution in [0.25, 0.3) is 0 Å². The van der Waals surface area contributed by atoms with E-state index in [1.54, 1.807) is 0 Å². The van der Waals surface area contributed by atoms with E-state index in [0.29, 0.717) is 6.61 Å². The second-order valence-electron chi connectivity index (χ2n) is 6.27. The molecule has 0 bridgehead atoms. The number of ether oxygens (including phenoxy) is 1. The van der Waals surface area contributed by atoms with Crippen molar-refractivity contribution in [2.24, 2.45) is 0 Å². The zero-order chi connectivity index (χ0) is 17.8. The van der Waals surface area contributed by atoms with Gasteiger partial charge in [-0.3, -0.25) is 0 Å². The average molecular weight is 387 g/mol. The summed E-state index contributed by atoms with van der Waals surface area (Å²) in [5, 5.41) is 3.05. The third-order valence-electron chi connectivity index (χ3n) is 4.93. The zero-order valence-corrected chi connectivity index (χ0v) is 16.8. The summed E-state index contributed by atoms with van der Waals surface area (Å²) < 4.78 is 5.69. The molecule has 26 heavy (non-hydrogen) atoms. The van der Waals surface area contributed by atoms with Gasteiger partial charge in [0.25, 0.3) is 0 Å². The summed E-state index contributed by atoms with van der Waals surface area (Å²) in [5.74, 6) is 0. The molecule has 0 radical (unpaired) electrons. The Morgan fingerprint density at radius 1 is 0.731 bits per heavy atom. The van der Waals surface area contributed by atoms with Crippen molar-refractivity contribution in [3.8, 4) is 0 Å². The van der Waals surface area contributed by atoms with Crippen LogP contribution in [-0.4, -0.2) is 19.0 Å². The van der Waals surface area contributed by atoms with Gasteiger partial charge in [-0.05, 0) is 0 Å². The van der Waals surface area contributed by atoms with Crippen LogP contribution in [0.2, 0.25) is 0 Å². The molecule has 0 spiro atoms. The van der Waals surface area contributed by atoms with Crippen LogP contribution in [0.1, 0.15) is 6.92 Å². The smallest absolute Gasteiger partial charge is 0.147 e. The molecule has 0 aromatic heterocycles. The molecule has 0 saturated carbocycles. The van der Waals surface area contributed by atoms with E-state index in [0.717, 1.165) is 15.9 Å². The second kappa shape index (κ2) is 8.03. The van der Waals surface area contributed by atoms with E-state index in [1.807, 2.05) is 61.5 Å². The summed E-state index contributed by atoms with van der Waals surface area (Å²) in [6.07, 6.45) is 0. The van der Waals surface area contributed by atoms with Crippen LogP contribution in [-0.2, 0) is 4.74 Å². The Morgan fingerprint density at radius 2 is 1.04 bits per heavy atom. The maximum Gasteiger partial charge on any atom is -0.147 e. The maximum atomic E-state index is 13.6. The fourth-order valence-corrected chi connectivity index (χ4v) is 8.18. The molecule has 0 heterocycles. The Morgan fingerprint density at radius 3 is 1.31 bits per heavy atom. The maximum absolute atomic E-state index is 13.6. The van der Waals surface area contributed by atoms with Gasteiger partial charge in [-0.15, -0.1) is 12.4 Å². The van der Waals surface area contributed by atoms with E-state index in [2.05, 4.69) is 43.1 Å². The summed E-state index contributed by atoms with van der Waals surface area (Å²) in [6.45, 7) is 0.898. The molecule has 0 aliphatic heterocycles. The van der Waals surface area contributed by atoms with E-state index < -0.39 is 6.60 Å². The first-order valence-electron chi connectivity index (χ1n) is 8.48. The predicted molar refractivity (Wildman–Crippen MR) is 115 cm³/mol. The molecular weight excluding hydrogens is 363 g/mol. The minimum absolute atomic E-state index is 0. The molecule has 0 fully saturated rings. The number of halogens is 1. The van der Waals surface area contributed by atoms with Crippen molar-refractivity contribution in [3.05, 3.63) is 91.0 Å². The van der Waals surface area contributed by atoms with Gasteiger partial charge in [0.05, 0.1) is 0 Å². The van der Waals surface area contributed by atoms with Gasteiger partial charge in [0.1, 0.15) is 0 Å². The van der Waals surface area contributed by atoms with Crippen LogP contribution in [0, 0.1) is 0 Å². The van der Waals surface area contributed by atoms with E-state index in [1.165, 1.54) is 0 Å². The first kappa shape index (κ1) is 20.2. The van der Waals surface area contributed by atoms with Crippen molar-refractivity contribution < 1.29 is 9.53 Å². The molecule has 0 amide bonds. The van der Waals surface area contributed by atoms with Gasteiger partial charge in [-0.2, -0.15) is 0 Å². The molecule has 0 unspecified atom stereocenters. The van der Waals surface area contributed by atoms with E-state index in [9.17, 15) is 4.79 Å². The molecule has 0 N–H and O–H groups in total. The Bertz CT molecular complexity index is 752. The second-order valence-corrected chi connectivity index (χ2v) is 11.3. The van der Waals surface area contributed by atoms with Crippen LogP contribution < -0.4 is 15.9 Å². The fourth-order valence-electron chi connectivity index (χ4n) is 3.45. The van der Waals surface area contributed by atoms with Crippen LogP contribution in [0.3, 0.4) is 0 Å². The Balaban J connectivity index is 0.00000243. The van der Waals surface area contributed by atoms with E-state index >= 15 is 0 Å². The third-order valence-corrected chi connectivity index (χ3v) is 10.7. The summed E-state index contributed by atoms with van der Waals surface area (Å²) in [6, 6.07) is 30.2. The standard InChI is InChI=1S/C22H23O2P.ClH/c1-3-24-22(23)25(2,19-13-7-4-8-14-19,20-15-9-5-10-16-20)21-17-11-6-12-18-21;/h4-18H,3H2,1-2H3;1H. The summed E-state index contributed by atoms with van der Waals surface area (Å²) in [7, 11) is 0. The average Bonchev–Trinajstić information content (AvgIpc) is 2.69. The first-order chi connectivity index (χ1) is 12.1. The van der Waals surface area contributed by atoms with Crippen molar-refractivity contribution in [1.29, 1.82) is 0 Å². The van der Waals surface area contributed by atoms with Crippen molar-refractivity contribution in [2.75, 3.05) is 13.3 Å². The number of carbonyl (C=O) groups is 1. The van der Waals surface area contributed by atoms with Gasteiger partial charge < -0.3 is 0 Å². The van der Waals surface area contributed by atoms with Crippen LogP contribution in [0.4, 0.5) is 4.79 Å². The fraction of sp³-hybridized carbons (Fsp3) is 0.136. The SMILES string of the molecule is CCOC(=O)P(C)(c1ccccc1)(c1ccccc1)c1ccccc1.Cl. The van der Waals surface area contributed by atoms with E-state index in [-0.39, 0.29) is 18.1 Å². The van der Waals surface area contributed by atoms with Gasteiger partial charge in [-0.1, -0.05) is 0 Å². The van der Waals surface area contributed by atoms with Crippen molar-refractivity contribution in [2.45, 2.75) is 6.92 Å².